The normalized spacial score (nSPS) is 25.9. The molecular weight excluding hydrogens is 401 g/mol. The summed E-state index contributed by atoms with van der Waals surface area (Å²) in [4.78, 5) is 22.7. The second-order valence-electron chi connectivity index (χ2n) is 5.53. The van der Waals surface area contributed by atoms with E-state index in [-0.39, 0.29) is 5.56 Å². The molecule has 0 saturated carbocycles. The van der Waals surface area contributed by atoms with Crippen LogP contribution in [0, 0.1) is 0 Å². The van der Waals surface area contributed by atoms with E-state index < -0.39 is 47.1 Å². The molecule has 1 heterocycles. The molecule has 1 aromatic carbocycles. The van der Waals surface area contributed by atoms with Crippen molar-refractivity contribution in [3.05, 3.63) is 29.8 Å². The third kappa shape index (κ3) is 2.75. The highest BCUT2D eigenvalue weighted by molar-refractivity contribution is 5.99. The maximum Gasteiger partial charge on any atom is 0.428 e. The second kappa shape index (κ2) is 5.84. The molecule has 4 nitrogen and oxygen atoms in total. The highest BCUT2D eigenvalue weighted by atomic mass is 19.4. The lowest BCUT2D eigenvalue weighted by Gasteiger charge is -2.31. The van der Waals surface area contributed by atoms with Gasteiger partial charge in [0.25, 0.3) is 0 Å². The molecule has 0 radical (unpaired) electrons. The van der Waals surface area contributed by atoms with E-state index >= 15 is 0 Å². The van der Waals surface area contributed by atoms with Crippen LogP contribution in [0.4, 0.5) is 45.2 Å². The van der Waals surface area contributed by atoms with Gasteiger partial charge in [-0.05, 0) is 19.1 Å². The minimum atomic E-state index is -6.76. The van der Waals surface area contributed by atoms with Gasteiger partial charge in [0.1, 0.15) is 0 Å². The summed E-state index contributed by atoms with van der Waals surface area (Å²) in [6.45, 7) is 1.04. The summed E-state index contributed by atoms with van der Waals surface area (Å²) in [5, 5.41) is 1.19. The predicted octanol–water partition coefficient (Wildman–Crippen LogP) is 4.02. The van der Waals surface area contributed by atoms with Crippen LogP contribution in [0.15, 0.2) is 24.3 Å². The smallest absolute Gasteiger partial charge is 0.321 e. The van der Waals surface area contributed by atoms with Gasteiger partial charge in [-0.3, -0.25) is 14.3 Å². The topological polar surface area (TPSA) is 55.4 Å². The zero-order chi connectivity index (χ0) is 21.1. The third-order valence-electron chi connectivity index (χ3n) is 3.65. The number of benzene rings is 1. The molecule has 150 valence electrons. The van der Waals surface area contributed by atoms with Crippen LogP contribution in [0.5, 0.6) is 0 Å². The number of Topliss-reactive ketones (excluding diaryl/α,β-unsaturated/α-hetero) is 1. The number of hydrogen-bond donors (Lipinski definition) is 1. The zero-order valence-electron chi connectivity index (χ0n) is 12.9. The number of halogens is 9. The van der Waals surface area contributed by atoms with Gasteiger partial charge in [0, 0.05) is 11.3 Å². The van der Waals surface area contributed by atoms with Gasteiger partial charge in [-0.25, -0.2) is 0 Å². The molecule has 1 fully saturated rings. The molecule has 1 aromatic rings. The molecule has 0 unspecified atom stereocenters. The molecule has 0 bridgehead atoms. The summed E-state index contributed by atoms with van der Waals surface area (Å²) < 4.78 is 123. The van der Waals surface area contributed by atoms with E-state index in [1.807, 2.05) is 0 Å². The van der Waals surface area contributed by atoms with Crippen LogP contribution >= 0.6 is 0 Å². The Morgan fingerprint density at radius 3 is 2.00 bits per heavy atom. The average molecular weight is 409 g/mol. The first-order chi connectivity index (χ1) is 12.0. The van der Waals surface area contributed by atoms with Gasteiger partial charge in [-0.15, -0.1) is 0 Å². The molecular formula is C14H8F9NO3. The first-order valence-corrected chi connectivity index (χ1v) is 6.84. The van der Waals surface area contributed by atoms with Crippen molar-refractivity contribution in [2.24, 2.45) is 0 Å². The molecule has 0 aromatic heterocycles. The lowest BCUT2D eigenvalue weighted by Crippen LogP contribution is -2.63. The minimum absolute atomic E-state index is 0.147. The molecule has 1 aliphatic heterocycles. The Hall–Kier alpha value is -2.31. The van der Waals surface area contributed by atoms with Crippen molar-refractivity contribution < 1.29 is 53.8 Å². The summed E-state index contributed by atoms with van der Waals surface area (Å²) in [5.74, 6) is -29.5. The lowest BCUT2D eigenvalue weighted by atomic mass is 9.99. The fraction of sp³-hybridized carbons (Fsp3) is 0.429. The number of ketones is 1. The summed E-state index contributed by atoms with van der Waals surface area (Å²) in [6.07, 6.45) is -6.32. The second-order valence-corrected chi connectivity index (χ2v) is 5.53. The average Bonchev–Trinajstić information content (AvgIpc) is 2.62. The number of carbonyl (C=O) groups is 2. The molecule has 0 aliphatic carbocycles. The molecule has 1 amide bonds. The van der Waals surface area contributed by atoms with Crippen molar-refractivity contribution in [1.29, 1.82) is 0 Å². The van der Waals surface area contributed by atoms with Crippen molar-refractivity contribution in [2.75, 3.05) is 5.32 Å². The van der Waals surface area contributed by atoms with Crippen molar-refractivity contribution in [3.8, 4) is 0 Å². The molecule has 1 atom stereocenters. The Bertz CT molecular complexity index is 796. The van der Waals surface area contributed by atoms with Crippen molar-refractivity contribution in [2.45, 2.75) is 36.7 Å². The van der Waals surface area contributed by atoms with E-state index in [0.29, 0.717) is 0 Å². The summed E-state index contributed by atoms with van der Waals surface area (Å²) >= 11 is 0. The molecule has 0 spiro atoms. The van der Waals surface area contributed by atoms with Gasteiger partial charge in [0.15, 0.2) is 5.78 Å². The van der Waals surface area contributed by atoms with Gasteiger partial charge < -0.3 is 5.32 Å². The largest absolute Gasteiger partial charge is 0.428 e. The lowest BCUT2D eigenvalue weighted by molar-refractivity contribution is -0.366. The van der Waals surface area contributed by atoms with Crippen molar-refractivity contribution in [3.63, 3.8) is 0 Å². The molecule has 1 saturated heterocycles. The van der Waals surface area contributed by atoms with Crippen LogP contribution in [0.3, 0.4) is 0 Å². The molecule has 1 aliphatic rings. The van der Waals surface area contributed by atoms with E-state index in [4.69, 9.17) is 0 Å². The fourth-order valence-electron chi connectivity index (χ4n) is 2.12. The van der Waals surface area contributed by atoms with Gasteiger partial charge >= 0.3 is 35.6 Å². The first-order valence-electron chi connectivity index (χ1n) is 6.84. The standard InChI is InChI=1S/C14H8F9NO3/c1-6(25)7-3-2-4-8(5-7)24-9(26)10(15,16)13(21)11(17,18)12(19,20)14(22,23)27-13/h2-5H,1H3,(H,24,26)/t13-/m0/s1. The minimum Gasteiger partial charge on any atom is -0.321 e. The van der Waals surface area contributed by atoms with Gasteiger partial charge in [0.2, 0.25) is 0 Å². The quantitative estimate of drug-likeness (QED) is 0.604. The Labute approximate surface area is 144 Å². The highest BCUT2D eigenvalue weighted by Gasteiger charge is 2.96. The number of nitrogens with one attached hydrogen (secondary N) is 1. The molecule has 1 N–H and O–H groups in total. The van der Waals surface area contributed by atoms with Gasteiger partial charge in [-0.2, -0.15) is 39.5 Å². The number of amides is 1. The fourth-order valence-corrected chi connectivity index (χ4v) is 2.12. The van der Waals surface area contributed by atoms with E-state index in [1.165, 1.54) is 11.4 Å². The van der Waals surface area contributed by atoms with Crippen LogP contribution in [-0.2, 0) is 9.53 Å². The Morgan fingerprint density at radius 2 is 1.56 bits per heavy atom. The first kappa shape index (κ1) is 21.0. The monoisotopic (exact) mass is 409 g/mol. The number of ether oxygens (including phenoxy) is 1. The maximum atomic E-state index is 14.0. The Balaban J connectivity index is 2.41. The van der Waals surface area contributed by atoms with Crippen molar-refractivity contribution in [1.82, 2.24) is 0 Å². The number of carbonyl (C=O) groups excluding carboxylic acids is 2. The van der Waals surface area contributed by atoms with E-state index in [2.05, 4.69) is 4.74 Å². The summed E-state index contributed by atoms with van der Waals surface area (Å²) in [7, 11) is 0. The number of anilines is 1. The van der Waals surface area contributed by atoms with E-state index in [1.54, 1.807) is 0 Å². The van der Waals surface area contributed by atoms with Crippen molar-refractivity contribution >= 4 is 17.4 Å². The van der Waals surface area contributed by atoms with Crippen LogP contribution in [-0.4, -0.2) is 41.4 Å². The van der Waals surface area contributed by atoms with Crippen LogP contribution in [0.1, 0.15) is 17.3 Å². The third-order valence-corrected chi connectivity index (χ3v) is 3.65. The highest BCUT2D eigenvalue weighted by Crippen LogP contribution is 2.64. The number of alkyl halides is 9. The summed E-state index contributed by atoms with van der Waals surface area (Å²) in [6, 6.07) is 3.86. The maximum absolute atomic E-state index is 14.0. The number of hydrogen-bond acceptors (Lipinski definition) is 3. The van der Waals surface area contributed by atoms with Crippen LogP contribution in [0.2, 0.25) is 0 Å². The Kier molecular flexibility index (Phi) is 4.54. The van der Waals surface area contributed by atoms with Crippen LogP contribution in [0.25, 0.3) is 0 Å². The number of rotatable bonds is 4. The SMILES string of the molecule is CC(=O)c1cccc(NC(=O)C(F)(F)[C@]2(F)OC(F)(F)C(F)(F)C2(F)F)c1. The molecule has 27 heavy (non-hydrogen) atoms. The van der Waals surface area contributed by atoms with Gasteiger partial charge in [0.05, 0.1) is 0 Å². The molecule has 13 heteroatoms. The van der Waals surface area contributed by atoms with Gasteiger partial charge in [-0.1, -0.05) is 12.1 Å². The predicted molar refractivity (Wildman–Crippen MR) is 69.8 cm³/mol. The van der Waals surface area contributed by atoms with E-state index in [9.17, 15) is 49.1 Å². The molecule has 2 rings (SSSR count). The zero-order valence-corrected chi connectivity index (χ0v) is 12.9. The van der Waals surface area contributed by atoms with Crippen LogP contribution < -0.4 is 5.32 Å². The summed E-state index contributed by atoms with van der Waals surface area (Å²) in [5.41, 5.74) is -0.789. The Morgan fingerprint density at radius 1 is 1.00 bits per heavy atom. The van der Waals surface area contributed by atoms with E-state index in [0.717, 1.165) is 25.1 Å².